The van der Waals surface area contributed by atoms with Gasteiger partial charge in [0, 0.05) is 47.7 Å². The van der Waals surface area contributed by atoms with Crippen molar-refractivity contribution in [2.75, 3.05) is 36.5 Å². The van der Waals surface area contributed by atoms with E-state index in [2.05, 4.69) is 20.2 Å². The normalized spacial score (nSPS) is 13.7. The summed E-state index contributed by atoms with van der Waals surface area (Å²) in [5.74, 6) is -0.947. The number of hydrogen-bond acceptors (Lipinski definition) is 7. The van der Waals surface area contributed by atoms with Crippen LogP contribution in [0, 0.1) is 12.7 Å². The van der Waals surface area contributed by atoms with E-state index in [1.165, 1.54) is 12.1 Å². The van der Waals surface area contributed by atoms with E-state index in [4.69, 9.17) is 15.5 Å². The standard InChI is InChI=1S/C26H25FN6O2/c1-16-24(20-6-5-17(27)12-22(20)32-25(16)21-4-2-3-7-29-21)30-15-18-13-19(14-23(31-18)26(28)34)33-8-10-35-11-9-33/h2-7,12-14H,8-11,15H2,1H3,(H2,28,34)(H,30,32). The largest absolute Gasteiger partial charge is 0.379 e. The number of primary amides is 1. The van der Waals surface area contributed by atoms with E-state index >= 15 is 0 Å². The smallest absolute Gasteiger partial charge is 0.267 e. The Morgan fingerprint density at radius 3 is 2.71 bits per heavy atom. The van der Waals surface area contributed by atoms with Gasteiger partial charge in [-0.1, -0.05) is 6.07 Å². The van der Waals surface area contributed by atoms with Crippen molar-refractivity contribution < 1.29 is 13.9 Å². The maximum absolute atomic E-state index is 14.1. The molecule has 178 valence electrons. The van der Waals surface area contributed by atoms with Gasteiger partial charge in [0.2, 0.25) is 0 Å². The van der Waals surface area contributed by atoms with Gasteiger partial charge in [-0.15, -0.1) is 0 Å². The van der Waals surface area contributed by atoms with Crippen LogP contribution in [0.5, 0.6) is 0 Å². The number of amides is 1. The predicted octanol–water partition coefficient (Wildman–Crippen LogP) is 3.69. The van der Waals surface area contributed by atoms with Crippen molar-refractivity contribution in [3.05, 3.63) is 77.5 Å². The zero-order chi connectivity index (χ0) is 24.4. The molecule has 0 bridgehead atoms. The molecule has 0 aliphatic carbocycles. The zero-order valence-corrected chi connectivity index (χ0v) is 19.3. The third-order valence-electron chi connectivity index (χ3n) is 6.04. The first-order chi connectivity index (χ1) is 17.0. The number of carbonyl (C=O) groups is 1. The SMILES string of the molecule is Cc1c(-c2ccccn2)nc2cc(F)ccc2c1NCc1cc(N2CCOCC2)cc(C(N)=O)n1. The molecule has 1 fully saturated rings. The molecule has 0 atom stereocenters. The lowest BCUT2D eigenvalue weighted by Gasteiger charge is -2.29. The number of aromatic nitrogens is 3. The topological polar surface area (TPSA) is 106 Å². The molecule has 4 aromatic rings. The minimum atomic E-state index is -0.584. The first-order valence-electron chi connectivity index (χ1n) is 11.4. The number of fused-ring (bicyclic) bond motifs is 1. The van der Waals surface area contributed by atoms with Gasteiger partial charge in [-0.25, -0.2) is 14.4 Å². The Kier molecular flexibility index (Phi) is 6.24. The van der Waals surface area contributed by atoms with Gasteiger partial charge in [-0.3, -0.25) is 9.78 Å². The number of morpholine rings is 1. The number of rotatable bonds is 6. The van der Waals surface area contributed by atoms with E-state index in [0.29, 0.717) is 42.4 Å². The highest BCUT2D eigenvalue weighted by atomic mass is 19.1. The van der Waals surface area contributed by atoms with E-state index in [0.717, 1.165) is 35.4 Å². The van der Waals surface area contributed by atoms with Gasteiger partial charge in [0.25, 0.3) is 5.91 Å². The molecule has 9 heteroatoms. The fraction of sp³-hybridized carbons (Fsp3) is 0.231. The maximum Gasteiger partial charge on any atom is 0.267 e. The molecule has 1 saturated heterocycles. The highest BCUT2D eigenvalue weighted by Gasteiger charge is 2.18. The Labute approximate surface area is 202 Å². The molecule has 0 spiro atoms. The number of anilines is 2. The van der Waals surface area contributed by atoms with Crippen LogP contribution in [0.4, 0.5) is 15.8 Å². The van der Waals surface area contributed by atoms with E-state index in [9.17, 15) is 9.18 Å². The van der Waals surface area contributed by atoms with Crippen LogP contribution in [0.3, 0.4) is 0 Å². The summed E-state index contributed by atoms with van der Waals surface area (Å²) < 4.78 is 19.5. The van der Waals surface area contributed by atoms with Gasteiger partial charge in [-0.2, -0.15) is 0 Å². The fourth-order valence-corrected chi connectivity index (χ4v) is 4.29. The fourth-order valence-electron chi connectivity index (χ4n) is 4.29. The third-order valence-corrected chi connectivity index (χ3v) is 6.04. The summed E-state index contributed by atoms with van der Waals surface area (Å²) in [6.45, 7) is 4.98. The van der Waals surface area contributed by atoms with Crippen LogP contribution in [-0.2, 0) is 11.3 Å². The van der Waals surface area contributed by atoms with Crippen molar-refractivity contribution in [3.8, 4) is 11.4 Å². The van der Waals surface area contributed by atoms with Crippen molar-refractivity contribution >= 4 is 28.2 Å². The van der Waals surface area contributed by atoms with Gasteiger partial charge in [0.05, 0.1) is 42.4 Å². The van der Waals surface area contributed by atoms with E-state index in [1.807, 2.05) is 31.2 Å². The Hall–Kier alpha value is -4.11. The second-order valence-corrected chi connectivity index (χ2v) is 8.36. The molecule has 1 aliphatic heterocycles. The Morgan fingerprint density at radius 2 is 1.97 bits per heavy atom. The number of carbonyl (C=O) groups excluding carboxylic acids is 1. The Morgan fingerprint density at radius 1 is 1.14 bits per heavy atom. The minimum Gasteiger partial charge on any atom is -0.379 e. The third kappa shape index (κ3) is 4.76. The molecular weight excluding hydrogens is 447 g/mol. The first-order valence-corrected chi connectivity index (χ1v) is 11.4. The van der Waals surface area contributed by atoms with Gasteiger partial charge < -0.3 is 20.7 Å². The van der Waals surface area contributed by atoms with Gasteiger partial charge in [-0.05, 0) is 43.3 Å². The van der Waals surface area contributed by atoms with Crippen molar-refractivity contribution in [3.63, 3.8) is 0 Å². The van der Waals surface area contributed by atoms with Crippen molar-refractivity contribution in [1.29, 1.82) is 0 Å². The second-order valence-electron chi connectivity index (χ2n) is 8.36. The molecule has 5 rings (SSSR count). The highest BCUT2D eigenvalue weighted by Crippen LogP contribution is 2.33. The summed E-state index contributed by atoms with van der Waals surface area (Å²) in [6.07, 6.45) is 1.70. The summed E-state index contributed by atoms with van der Waals surface area (Å²) in [5, 5.41) is 4.23. The minimum absolute atomic E-state index is 0.207. The number of nitrogens with zero attached hydrogens (tertiary/aromatic N) is 4. The monoisotopic (exact) mass is 472 g/mol. The van der Waals surface area contributed by atoms with Crippen molar-refractivity contribution in [1.82, 2.24) is 15.0 Å². The number of nitrogens with one attached hydrogen (secondary N) is 1. The Bertz CT molecular complexity index is 1390. The number of hydrogen-bond donors (Lipinski definition) is 2. The van der Waals surface area contributed by atoms with E-state index in [1.54, 1.807) is 18.3 Å². The molecule has 0 unspecified atom stereocenters. The Balaban J connectivity index is 1.54. The summed E-state index contributed by atoms with van der Waals surface area (Å²) in [5.41, 5.74) is 10.9. The van der Waals surface area contributed by atoms with Crippen molar-refractivity contribution in [2.24, 2.45) is 5.73 Å². The van der Waals surface area contributed by atoms with Crippen LogP contribution >= 0.6 is 0 Å². The molecule has 1 amide bonds. The van der Waals surface area contributed by atoms with Crippen LogP contribution in [-0.4, -0.2) is 47.2 Å². The molecule has 0 saturated carbocycles. The van der Waals surface area contributed by atoms with Gasteiger partial charge >= 0.3 is 0 Å². The molecular formula is C26H25FN6O2. The molecule has 35 heavy (non-hydrogen) atoms. The van der Waals surface area contributed by atoms with Crippen LogP contribution in [0.2, 0.25) is 0 Å². The number of pyridine rings is 3. The van der Waals surface area contributed by atoms with E-state index < -0.39 is 5.91 Å². The van der Waals surface area contributed by atoms with Gasteiger partial charge in [0.15, 0.2) is 0 Å². The van der Waals surface area contributed by atoms with Crippen LogP contribution in [0.1, 0.15) is 21.7 Å². The quantitative estimate of drug-likeness (QED) is 0.441. The lowest BCUT2D eigenvalue weighted by molar-refractivity contribution is 0.0995. The summed E-state index contributed by atoms with van der Waals surface area (Å²) in [4.78, 5) is 27.7. The first kappa shape index (κ1) is 22.7. The number of nitrogens with two attached hydrogens (primary N) is 1. The van der Waals surface area contributed by atoms with Crippen LogP contribution in [0.25, 0.3) is 22.3 Å². The van der Waals surface area contributed by atoms with E-state index in [-0.39, 0.29) is 11.5 Å². The molecule has 1 aliphatic rings. The molecule has 3 N–H and O–H groups in total. The number of halogens is 1. The average Bonchev–Trinajstić information content (AvgIpc) is 2.88. The number of benzene rings is 1. The highest BCUT2D eigenvalue weighted by molar-refractivity contribution is 5.96. The van der Waals surface area contributed by atoms with Crippen LogP contribution in [0.15, 0.2) is 54.7 Å². The number of ether oxygens (including phenoxy) is 1. The summed E-state index contributed by atoms with van der Waals surface area (Å²) in [7, 11) is 0. The average molecular weight is 473 g/mol. The predicted molar refractivity (Wildman–Crippen MR) is 133 cm³/mol. The lowest BCUT2D eigenvalue weighted by Crippen LogP contribution is -2.36. The zero-order valence-electron chi connectivity index (χ0n) is 19.3. The second kappa shape index (κ2) is 9.63. The molecule has 4 heterocycles. The molecule has 1 aromatic carbocycles. The van der Waals surface area contributed by atoms with Gasteiger partial charge in [0.1, 0.15) is 11.5 Å². The van der Waals surface area contributed by atoms with Crippen LogP contribution < -0.4 is 16.0 Å². The van der Waals surface area contributed by atoms with Crippen molar-refractivity contribution in [2.45, 2.75) is 13.5 Å². The molecule has 0 radical (unpaired) electrons. The summed E-state index contributed by atoms with van der Waals surface area (Å²) >= 11 is 0. The molecule has 3 aromatic heterocycles. The summed E-state index contributed by atoms with van der Waals surface area (Å²) in [6, 6.07) is 13.8. The maximum atomic E-state index is 14.1. The lowest BCUT2D eigenvalue weighted by atomic mass is 10.0. The molecule has 8 nitrogen and oxygen atoms in total.